The van der Waals surface area contributed by atoms with Crippen LogP contribution in [0.25, 0.3) is 0 Å². The highest BCUT2D eigenvalue weighted by Gasteiger charge is 2.26. The highest BCUT2D eigenvalue weighted by Crippen LogP contribution is 2.29. The fraction of sp³-hybridized carbons (Fsp3) is 0.450. The van der Waals surface area contributed by atoms with E-state index in [1.165, 1.54) is 17.5 Å². The zero-order valence-corrected chi connectivity index (χ0v) is 18.2. The van der Waals surface area contributed by atoms with E-state index in [0.717, 1.165) is 56.0 Å². The van der Waals surface area contributed by atoms with Gasteiger partial charge in [-0.05, 0) is 37.0 Å². The number of nitrogens with zero attached hydrogens (tertiary/aromatic N) is 2. The van der Waals surface area contributed by atoms with Crippen LogP contribution in [0.5, 0.6) is 0 Å². The first-order chi connectivity index (χ1) is 14.8. The van der Waals surface area contributed by atoms with Gasteiger partial charge in [-0.2, -0.15) is 0 Å². The summed E-state index contributed by atoms with van der Waals surface area (Å²) < 4.78 is 40.9. The summed E-state index contributed by atoms with van der Waals surface area (Å²) in [7, 11) is 0. The Bertz CT molecular complexity index is 912. The van der Waals surface area contributed by atoms with Crippen LogP contribution in [0.1, 0.15) is 37.7 Å². The Morgan fingerprint density at radius 2 is 1.87 bits per heavy atom. The molecular weight excluding hydrogens is 451 g/mol. The predicted molar refractivity (Wildman–Crippen MR) is 113 cm³/mol. The summed E-state index contributed by atoms with van der Waals surface area (Å²) in [5.74, 6) is -5.06. The number of amides is 2. The van der Waals surface area contributed by atoms with Gasteiger partial charge in [0.15, 0.2) is 22.6 Å². The molecule has 6 nitrogen and oxygen atoms in total. The molecule has 1 aromatic heterocycles. The summed E-state index contributed by atoms with van der Waals surface area (Å²) in [6, 6.07) is 1.51. The van der Waals surface area contributed by atoms with Crippen molar-refractivity contribution < 1.29 is 27.9 Å². The molecule has 2 amide bonds. The van der Waals surface area contributed by atoms with Crippen LogP contribution in [-0.2, 0) is 11.2 Å². The van der Waals surface area contributed by atoms with E-state index in [1.807, 2.05) is 0 Å². The van der Waals surface area contributed by atoms with Gasteiger partial charge in [0, 0.05) is 12.6 Å². The molecule has 3 rings (SSSR count). The maximum atomic E-state index is 13.5. The van der Waals surface area contributed by atoms with Crippen molar-refractivity contribution in [2.24, 2.45) is 0 Å². The molecule has 0 aliphatic heterocycles. The molecule has 1 aliphatic rings. The Hall–Kier alpha value is -2.27. The molecule has 0 radical (unpaired) electrons. The summed E-state index contributed by atoms with van der Waals surface area (Å²) in [5.41, 5.74) is 0.270. The van der Waals surface area contributed by atoms with Crippen molar-refractivity contribution in [2.75, 3.05) is 17.6 Å². The van der Waals surface area contributed by atoms with E-state index in [4.69, 9.17) is 5.11 Å². The Morgan fingerprint density at radius 3 is 2.52 bits per heavy atom. The summed E-state index contributed by atoms with van der Waals surface area (Å²) in [6.07, 6.45) is 6.41. The van der Waals surface area contributed by atoms with E-state index in [-0.39, 0.29) is 36.4 Å². The monoisotopic (exact) mass is 473 g/mol. The number of carboxylic acids is 1. The van der Waals surface area contributed by atoms with Gasteiger partial charge in [-0.15, -0.1) is 11.8 Å². The van der Waals surface area contributed by atoms with Gasteiger partial charge in [0.05, 0.1) is 16.2 Å². The number of anilines is 1. The number of aromatic nitrogens is 1. The lowest BCUT2D eigenvalue weighted by Crippen LogP contribution is -2.45. The lowest BCUT2D eigenvalue weighted by atomic mass is 9.94. The number of rotatable bonds is 8. The zero-order valence-electron chi connectivity index (χ0n) is 16.6. The van der Waals surface area contributed by atoms with Crippen molar-refractivity contribution in [3.05, 3.63) is 41.3 Å². The van der Waals surface area contributed by atoms with Crippen molar-refractivity contribution in [3.63, 3.8) is 0 Å². The number of hydrogen-bond donors (Lipinski definition) is 2. The minimum atomic E-state index is -1.51. The van der Waals surface area contributed by atoms with Crippen LogP contribution in [0, 0.1) is 17.5 Å². The van der Waals surface area contributed by atoms with E-state index < -0.39 is 23.4 Å². The van der Waals surface area contributed by atoms with Crippen molar-refractivity contribution in [1.82, 2.24) is 9.88 Å². The zero-order chi connectivity index (χ0) is 22.4. The molecule has 1 aliphatic carbocycles. The number of benzene rings is 1. The molecule has 1 saturated carbocycles. The van der Waals surface area contributed by atoms with Crippen LogP contribution in [0.3, 0.4) is 0 Å². The Labute approximate surface area is 185 Å². The molecule has 1 aromatic carbocycles. The van der Waals surface area contributed by atoms with E-state index in [0.29, 0.717) is 9.34 Å². The summed E-state index contributed by atoms with van der Waals surface area (Å²) in [5, 5.41) is 11.9. The standard InChI is InChI=1S/C20H22F3N3O3S2/c21-14-8-12(9-15(22)18(14)23)6-7-26(13-4-2-1-3-5-13)20(29)25-19-24-10-17(31-19)30-11-16(27)28/h8-10,13H,1-7,11H2,(H,27,28)(H,24,25,29). The van der Waals surface area contributed by atoms with Gasteiger partial charge >= 0.3 is 12.0 Å². The SMILES string of the molecule is O=C(O)CSc1cnc(NC(=O)N(CCc2cc(F)c(F)c(F)c2)C2CCCCC2)s1. The maximum absolute atomic E-state index is 13.5. The van der Waals surface area contributed by atoms with Crippen molar-refractivity contribution in [3.8, 4) is 0 Å². The summed E-state index contributed by atoms with van der Waals surface area (Å²) in [6.45, 7) is 0.215. The number of carbonyl (C=O) groups excluding carboxylic acids is 1. The highest BCUT2D eigenvalue weighted by atomic mass is 32.2. The van der Waals surface area contributed by atoms with Crippen LogP contribution in [-0.4, -0.2) is 45.3 Å². The van der Waals surface area contributed by atoms with Gasteiger partial charge < -0.3 is 10.0 Å². The van der Waals surface area contributed by atoms with Gasteiger partial charge in [0.2, 0.25) is 0 Å². The molecule has 2 aromatic rings. The lowest BCUT2D eigenvalue weighted by Gasteiger charge is -2.34. The number of urea groups is 1. The van der Waals surface area contributed by atoms with E-state index >= 15 is 0 Å². The van der Waals surface area contributed by atoms with Gasteiger partial charge in [0.1, 0.15) is 0 Å². The Balaban J connectivity index is 1.68. The molecule has 0 bridgehead atoms. The molecule has 1 heterocycles. The highest BCUT2D eigenvalue weighted by molar-refractivity contribution is 8.01. The third kappa shape index (κ3) is 6.60. The quantitative estimate of drug-likeness (QED) is 0.410. The number of thiazole rings is 1. The van der Waals surface area contributed by atoms with E-state index in [2.05, 4.69) is 10.3 Å². The van der Waals surface area contributed by atoms with Crippen LogP contribution < -0.4 is 5.32 Å². The fourth-order valence-corrected chi connectivity index (χ4v) is 5.11. The third-order valence-corrected chi connectivity index (χ3v) is 7.09. The molecule has 0 atom stereocenters. The number of halogens is 3. The first-order valence-electron chi connectivity index (χ1n) is 9.85. The third-order valence-electron chi connectivity index (χ3n) is 5.00. The Kier molecular flexibility index (Phi) is 8.19. The van der Waals surface area contributed by atoms with Gasteiger partial charge in [-0.3, -0.25) is 10.1 Å². The smallest absolute Gasteiger partial charge is 0.323 e. The fourth-order valence-electron chi connectivity index (χ4n) is 3.52. The first kappa shape index (κ1) is 23.4. The molecule has 1 fully saturated rings. The second kappa shape index (κ2) is 10.9. The van der Waals surface area contributed by atoms with E-state index in [9.17, 15) is 22.8 Å². The van der Waals surface area contributed by atoms with Gasteiger partial charge in [0.25, 0.3) is 0 Å². The first-order valence-corrected chi connectivity index (χ1v) is 11.6. The van der Waals surface area contributed by atoms with E-state index in [1.54, 1.807) is 4.90 Å². The second-order valence-electron chi connectivity index (χ2n) is 7.21. The number of carboxylic acid groups (broad SMARTS) is 1. The van der Waals surface area contributed by atoms with Gasteiger partial charge in [-0.25, -0.2) is 22.9 Å². The van der Waals surface area contributed by atoms with Crippen molar-refractivity contribution in [1.29, 1.82) is 0 Å². The predicted octanol–water partition coefficient (Wildman–Crippen LogP) is 5.15. The van der Waals surface area contributed by atoms with Gasteiger partial charge in [-0.1, -0.05) is 30.6 Å². The molecule has 0 saturated heterocycles. The normalized spacial score (nSPS) is 14.4. The maximum Gasteiger partial charge on any atom is 0.323 e. The Morgan fingerprint density at radius 1 is 1.19 bits per heavy atom. The number of thioether (sulfide) groups is 1. The van der Waals surface area contributed by atoms with Crippen LogP contribution >= 0.6 is 23.1 Å². The molecule has 31 heavy (non-hydrogen) atoms. The summed E-state index contributed by atoms with van der Waals surface area (Å²) >= 11 is 2.29. The molecule has 0 unspecified atom stereocenters. The molecule has 0 spiro atoms. The van der Waals surface area contributed by atoms with Crippen LogP contribution in [0.4, 0.5) is 23.1 Å². The minimum Gasteiger partial charge on any atom is -0.481 e. The lowest BCUT2D eigenvalue weighted by molar-refractivity contribution is -0.133. The largest absolute Gasteiger partial charge is 0.481 e. The molecule has 168 valence electrons. The molecule has 11 heteroatoms. The topological polar surface area (TPSA) is 82.5 Å². The number of hydrogen-bond acceptors (Lipinski definition) is 5. The van der Waals surface area contributed by atoms with Crippen molar-refractivity contribution in [2.45, 2.75) is 48.8 Å². The van der Waals surface area contributed by atoms with Crippen LogP contribution in [0.2, 0.25) is 0 Å². The number of nitrogens with one attached hydrogen (secondary N) is 1. The average molecular weight is 474 g/mol. The summed E-state index contributed by atoms with van der Waals surface area (Å²) in [4.78, 5) is 29.4. The van der Waals surface area contributed by atoms with Crippen LogP contribution in [0.15, 0.2) is 22.5 Å². The second-order valence-corrected chi connectivity index (χ2v) is 9.51. The molecular formula is C20H22F3N3O3S2. The number of aliphatic carboxylic acids is 1. The number of carbonyl (C=O) groups is 2. The average Bonchev–Trinajstić information content (AvgIpc) is 3.18. The minimum absolute atomic E-state index is 0.00953. The molecule has 2 N–H and O–H groups in total. The van der Waals surface area contributed by atoms with Crippen molar-refractivity contribution >= 4 is 40.2 Å².